The van der Waals surface area contributed by atoms with Crippen LogP contribution in [0.1, 0.15) is 5.56 Å². The Morgan fingerprint density at radius 2 is 1.71 bits per heavy atom. The van der Waals surface area contributed by atoms with Gasteiger partial charge in [0, 0.05) is 0 Å². The number of hydrogen-bond donors (Lipinski definition) is 0. The molecule has 0 aliphatic heterocycles. The highest BCUT2D eigenvalue weighted by atomic mass is 79.9. The molecule has 2 rings (SSSR count). The second-order valence-electron chi connectivity index (χ2n) is 4.19. The molecular formula is C15H9BrF3NO. The quantitative estimate of drug-likeness (QED) is 0.630. The van der Waals surface area contributed by atoms with Gasteiger partial charge in [-0.05, 0) is 39.2 Å². The molecule has 2 aromatic carbocycles. The number of nitrogens with zero attached hydrogens (tertiary/aromatic N) is 1. The lowest BCUT2D eigenvalue weighted by atomic mass is 10.0. The highest BCUT2D eigenvalue weighted by Crippen LogP contribution is 2.39. The fraction of sp³-hybridized carbons (Fsp3) is 0.133. The molecule has 0 fully saturated rings. The Balaban J connectivity index is 2.56. The van der Waals surface area contributed by atoms with E-state index in [9.17, 15) is 13.2 Å². The molecule has 0 aliphatic carbocycles. The number of rotatable bonds is 2. The van der Waals surface area contributed by atoms with Gasteiger partial charge in [0.2, 0.25) is 0 Å². The molecule has 6 heteroatoms. The van der Waals surface area contributed by atoms with Gasteiger partial charge < -0.3 is 4.74 Å². The van der Waals surface area contributed by atoms with Crippen molar-refractivity contribution >= 4 is 21.6 Å². The maximum Gasteiger partial charge on any atom is 0.407 e. The molecular weight excluding hydrogens is 347 g/mol. The van der Waals surface area contributed by atoms with Gasteiger partial charge in [-0.2, -0.15) is 13.2 Å². The van der Waals surface area contributed by atoms with Crippen LogP contribution in [-0.2, 0) is 6.18 Å². The Labute approximate surface area is 128 Å². The highest BCUT2D eigenvalue weighted by molar-refractivity contribution is 9.10. The van der Waals surface area contributed by atoms with Gasteiger partial charge in [0.15, 0.2) is 5.69 Å². The molecule has 0 amide bonds. The molecule has 0 saturated carbocycles. The van der Waals surface area contributed by atoms with Gasteiger partial charge in [-0.15, -0.1) is 0 Å². The van der Waals surface area contributed by atoms with Gasteiger partial charge >= 0.3 is 6.18 Å². The van der Waals surface area contributed by atoms with Crippen molar-refractivity contribution in [2.24, 2.45) is 0 Å². The molecule has 108 valence electrons. The van der Waals surface area contributed by atoms with Crippen LogP contribution < -0.4 is 4.74 Å². The van der Waals surface area contributed by atoms with Crippen LogP contribution in [0.15, 0.2) is 40.9 Å². The normalized spacial score (nSPS) is 11.0. The first-order valence-corrected chi connectivity index (χ1v) is 6.58. The predicted molar refractivity (Wildman–Crippen MR) is 77.4 cm³/mol. The summed E-state index contributed by atoms with van der Waals surface area (Å²) in [5.74, 6) is 0.590. The van der Waals surface area contributed by atoms with Gasteiger partial charge in [0.25, 0.3) is 0 Å². The van der Waals surface area contributed by atoms with Crippen molar-refractivity contribution in [2.45, 2.75) is 6.18 Å². The molecule has 2 aromatic rings. The second kappa shape index (κ2) is 5.78. The Morgan fingerprint density at radius 3 is 2.24 bits per heavy atom. The zero-order valence-corrected chi connectivity index (χ0v) is 12.4. The maximum absolute atomic E-state index is 13.0. The van der Waals surface area contributed by atoms with Crippen molar-refractivity contribution in [3.63, 3.8) is 0 Å². The summed E-state index contributed by atoms with van der Waals surface area (Å²) in [4.78, 5) is 2.92. The van der Waals surface area contributed by atoms with Gasteiger partial charge in [-0.3, -0.25) is 0 Å². The van der Waals surface area contributed by atoms with E-state index in [1.807, 2.05) is 0 Å². The summed E-state index contributed by atoms with van der Waals surface area (Å²) in [6, 6.07) is 8.67. The van der Waals surface area contributed by atoms with Crippen LogP contribution in [0.25, 0.3) is 16.0 Å². The minimum Gasteiger partial charge on any atom is -0.496 e. The summed E-state index contributed by atoms with van der Waals surface area (Å²) in [5, 5.41) is 0. The summed E-state index contributed by atoms with van der Waals surface area (Å²) >= 11 is 3.29. The second-order valence-corrected chi connectivity index (χ2v) is 5.05. The Kier molecular flexibility index (Phi) is 4.24. The zero-order valence-electron chi connectivity index (χ0n) is 10.8. The first-order valence-electron chi connectivity index (χ1n) is 5.79. The SMILES string of the molecule is [C-]#[N+]c1ccc(-c2ccc(OC)c(Br)c2)cc1C(F)(F)F. The lowest BCUT2D eigenvalue weighted by molar-refractivity contribution is -0.136. The fourth-order valence-corrected chi connectivity index (χ4v) is 2.43. The Morgan fingerprint density at radius 1 is 1.10 bits per heavy atom. The summed E-state index contributed by atoms with van der Waals surface area (Å²) in [7, 11) is 1.51. The van der Waals surface area contributed by atoms with Crippen molar-refractivity contribution in [1.29, 1.82) is 0 Å². The molecule has 2 nitrogen and oxygen atoms in total. The molecule has 21 heavy (non-hydrogen) atoms. The third-order valence-electron chi connectivity index (χ3n) is 2.91. The third kappa shape index (κ3) is 3.19. The van der Waals surface area contributed by atoms with Gasteiger partial charge in [-0.25, -0.2) is 4.85 Å². The highest BCUT2D eigenvalue weighted by Gasteiger charge is 2.33. The average molecular weight is 356 g/mol. The third-order valence-corrected chi connectivity index (χ3v) is 3.53. The van der Waals surface area contributed by atoms with Crippen LogP contribution >= 0.6 is 15.9 Å². The van der Waals surface area contributed by atoms with E-state index >= 15 is 0 Å². The molecule has 0 bridgehead atoms. The van der Waals surface area contributed by atoms with Crippen LogP contribution in [-0.4, -0.2) is 7.11 Å². The number of benzene rings is 2. The number of methoxy groups -OCH3 is 1. The predicted octanol–water partition coefficient (Wildman–Crippen LogP) is 5.69. The van der Waals surface area contributed by atoms with Gasteiger partial charge in [-0.1, -0.05) is 24.3 Å². The number of halogens is 4. The number of alkyl halides is 3. The smallest absolute Gasteiger partial charge is 0.407 e. The van der Waals surface area contributed by atoms with E-state index in [0.717, 1.165) is 6.07 Å². The van der Waals surface area contributed by atoms with Crippen molar-refractivity contribution in [3.05, 3.63) is 57.9 Å². The molecule has 0 atom stereocenters. The lowest BCUT2D eigenvalue weighted by Gasteiger charge is -2.12. The van der Waals surface area contributed by atoms with E-state index in [0.29, 0.717) is 21.3 Å². The molecule has 0 aromatic heterocycles. The molecule has 0 spiro atoms. The summed E-state index contributed by atoms with van der Waals surface area (Å²) < 4.78 is 44.6. The van der Waals surface area contributed by atoms with Crippen LogP contribution in [0.2, 0.25) is 0 Å². The Hall–Kier alpha value is -2.00. The van der Waals surface area contributed by atoms with E-state index in [4.69, 9.17) is 11.3 Å². The lowest BCUT2D eigenvalue weighted by Crippen LogP contribution is -2.05. The molecule has 0 unspecified atom stereocenters. The van der Waals surface area contributed by atoms with Crippen molar-refractivity contribution in [1.82, 2.24) is 0 Å². The van der Waals surface area contributed by atoms with E-state index in [-0.39, 0.29) is 0 Å². The van der Waals surface area contributed by atoms with Crippen LogP contribution in [0.4, 0.5) is 18.9 Å². The minimum absolute atomic E-state index is 0.387. The van der Waals surface area contributed by atoms with Crippen LogP contribution in [0.3, 0.4) is 0 Å². The van der Waals surface area contributed by atoms with Crippen LogP contribution in [0, 0.1) is 6.57 Å². The fourth-order valence-electron chi connectivity index (χ4n) is 1.89. The largest absolute Gasteiger partial charge is 0.496 e. The summed E-state index contributed by atoms with van der Waals surface area (Å²) in [6.07, 6.45) is -4.56. The molecule has 0 heterocycles. The Bertz CT molecular complexity index is 720. The molecule has 0 radical (unpaired) electrons. The maximum atomic E-state index is 13.0. The molecule has 0 saturated heterocycles. The number of ether oxygens (including phenoxy) is 1. The van der Waals surface area contributed by atoms with Crippen molar-refractivity contribution in [2.75, 3.05) is 7.11 Å². The molecule has 0 aliphatic rings. The van der Waals surface area contributed by atoms with Gasteiger partial charge in [0.05, 0.1) is 23.7 Å². The van der Waals surface area contributed by atoms with E-state index in [2.05, 4.69) is 20.8 Å². The van der Waals surface area contributed by atoms with Crippen molar-refractivity contribution < 1.29 is 17.9 Å². The average Bonchev–Trinajstić information content (AvgIpc) is 2.45. The van der Waals surface area contributed by atoms with E-state index < -0.39 is 17.4 Å². The van der Waals surface area contributed by atoms with Crippen LogP contribution in [0.5, 0.6) is 5.75 Å². The number of hydrogen-bond acceptors (Lipinski definition) is 1. The monoisotopic (exact) mass is 355 g/mol. The topological polar surface area (TPSA) is 13.6 Å². The van der Waals surface area contributed by atoms with E-state index in [1.165, 1.54) is 19.2 Å². The minimum atomic E-state index is -4.56. The zero-order chi connectivity index (χ0) is 15.6. The first-order chi connectivity index (χ1) is 9.86. The molecule has 0 N–H and O–H groups in total. The summed E-state index contributed by atoms with van der Waals surface area (Å²) in [5.41, 5.74) is -0.344. The summed E-state index contributed by atoms with van der Waals surface area (Å²) in [6.45, 7) is 6.83. The van der Waals surface area contributed by atoms with Gasteiger partial charge in [0.1, 0.15) is 5.75 Å². The van der Waals surface area contributed by atoms with Crippen molar-refractivity contribution in [3.8, 4) is 16.9 Å². The standard InChI is InChI=1S/C15H9BrF3NO/c1-20-13-5-3-9(7-11(13)15(17,18)19)10-4-6-14(21-2)12(16)8-10/h3-8H,2H3. The first kappa shape index (κ1) is 15.4. The van der Waals surface area contributed by atoms with E-state index in [1.54, 1.807) is 18.2 Å².